The standard InChI is InChI=1S/C22H20ClN3O3/c1-28-21-12-16(13-25-26-22(27)18-4-2-3-5-19(18)24)8-11-20(21)29-14-15-6-9-17(23)10-7-15/h2-13H,14,24H2,1H3,(H,26,27)/b25-13+. The summed E-state index contributed by atoms with van der Waals surface area (Å²) in [5.41, 5.74) is 10.7. The highest BCUT2D eigenvalue weighted by atomic mass is 35.5. The van der Waals surface area contributed by atoms with E-state index in [0.29, 0.717) is 34.4 Å². The Balaban J connectivity index is 1.63. The maximum Gasteiger partial charge on any atom is 0.273 e. The number of nitrogens with zero attached hydrogens (tertiary/aromatic N) is 1. The van der Waals surface area contributed by atoms with Gasteiger partial charge in [0.05, 0.1) is 18.9 Å². The summed E-state index contributed by atoms with van der Waals surface area (Å²) in [5, 5.41) is 4.65. The third-order valence-corrected chi connectivity index (χ3v) is 4.33. The van der Waals surface area contributed by atoms with Crippen LogP contribution < -0.4 is 20.6 Å². The Bertz CT molecular complexity index is 1020. The summed E-state index contributed by atoms with van der Waals surface area (Å²) in [4.78, 5) is 12.1. The Labute approximate surface area is 173 Å². The van der Waals surface area contributed by atoms with Crippen LogP contribution >= 0.6 is 11.6 Å². The lowest BCUT2D eigenvalue weighted by Gasteiger charge is -2.11. The number of amides is 1. The fraction of sp³-hybridized carbons (Fsp3) is 0.0909. The van der Waals surface area contributed by atoms with Crippen LogP contribution in [-0.2, 0) is 6.61 Å². The summed E-state index contributed by atoms with van der Waals surface area (Å²) in [7, 11) is 1.56. The summed E-state index contributed by atoms with van der Waals surface area (Å²) in [6, 6.07) is 19.6. The fourth-order valence-corrected chi connectivity index (χ4v) is 2.68. The molecule has 1 amide bonds. The molecule has 3 aromatic carbocycles. The molecule has 3 N–H and O–H groups in total. The second-order valence-corrected chi connectivity index (χ2v) is 6.55. The van der Waals surface area contributed by atoms with E-state index in [-0.39, 0.29) is 5.91 Å². The maximum atomic E-state index is 12.1. The number of carbonyl (C=O) groups excluding carboxylic acids is 1. The van der Waals surface area contributed by atoms with Crippen molar-refractivity contribution in [3.05, 3.63) is 88.4 Å². The number of benzene rings is 3. The Morgan fingerprint density at radius 1 is 1.10 bits per heavy atom. The highest BCUT2D eigenvalue weighted by Crippen LogP contribution is 2.28. The Morgan fingerprint density at radius 2 is 1.86 bits per heavy atom. The zero-order valence-electron chi connectivity index (χ0n) is 15.8. The minimum absolute atomic E-state index is 0.369. The maximum absolute atomic E-state index is 12.1. The average Bonchev–Trinajstić information content (AvgIpc) is 2.74. The third kappa shape index (κ3) is 5.49. The summed E-state index contributed by atoms with van der Waals surface area (Å²) in [5.74, 6) is 0.775. The van der Waals surface area contributed by atoms with Crippen LogP contribution in [-0.4, -0.2) is 19.2 Å². The number of rotatable bonds is 7. The molecule has 29 heavy (non-hydrogen) atoms. The number of methoxy groups -OCH3 is 1. The number of ether oxygens (including phenoxy) is 2. The number of nitrogen functional groups attached to an aromatic ring is 1. The molecule has 0 bridgehead atoms. The van der Waals surface area contributed by atoms with Gasteiger partial charge < -0.3 is 15.2 Å². The van der Waals surface area contributed by atoms with Gasteiger partial charge in [-0.15, -0.1) is 0 Å². The van der Waals surface area contributed by atoms with Crippen LogP contribution in [0.1, 0.15) is 21.5 Å². The molecule has 0 saturated carbocycles. The number of hydrogen-bond donors (Lipinski definition) is 2. The van der Waals surface area contributed by atoms with Crippen molar-refractivity contribution < 1.29 is 14.3 Å². The molecule has 0 heterocycles. The molecule has 0 radical (unpaired) electrons. The van der Waals surface area contributed by atoms with Gasteiger partial charge in [-0.25, -0.2) is 5.43 Å². The molecule has 148 valence electrons. The van der Waals surface area contributed by atoms with Crippen molar-refractivity contribution in [2.75, 3.05) is 12.8 Å². The van der Waals surface area contributed by atoms with Gasteiger partial charge in [0.15, 0.2) is 11.5 Å². The van der Waals surface area contributed by atoms with Crippen molar-refractivity contribution in [1.82, 2.24) is 5.43 Å². The van der Waals surface area contributed by atoms with Gasteiger partial charge in [-0.2, -0.15) is 5.10 Å². The van der Waals surface area contributed by atoms with Gasteiger partial charge in [0, 0.05) is 10.7 Å². The van der Waals surface area contributed by atoms with Crippen molar-refractivity contribution in [2.24, 2.45) is 5.10 Å². The Morgan fingerprint density at radius 3 is 2.59 bits per heavy atom. The van der Waals surface area contributed by atoms with Crippen LogP contribution in [0.25, 0.3) is 0 Å². The van der Waals surface area contributed by atoms with E-state index in [1.165, 1.54) is 6.21 Å². The Hall–Kier alpha value is -3.51. The number of carbonyl (C=O) groups is 1. The number of hydrogen-bond acceptors (Lipinski definition) is 5. The minimum Gasteiger partial charge on any atom is -0.493 e. The first-order chi connectivity index (χ1) is 14.1. The number of hydrazone groups is 1. The van der Waals surface area contributed by atoms with Crippen LogP contribution in [0.15, 0.2) is 71.8 Å². The first kappa shape index (κ1) is 20.2. The Kier molecular flexibility index (Phi) is 6.71. The topological polar surface area (TPSA) is 85.9 Å². The van der Waals surface area contributed by atoms with E-state index in [4.69, 9.17) is 26.8 Å². The predicted octanol–water partition coefficient (Wildman–Crippen LogP) is 4.27. The van der Waals surface area contributed by atoms with Crippen LogP contribution in [0.2, 0.25) is 5.02 Å². The first-order valence-corrected chi connectivity index (χ1v) is 9.18. The van der Waals surface area contributed by atoms with E-state index < -0.39 is 0 Å². The monoisotopic (exact) mass is 409 g/mol. The van der Waals surface area contributed by atoms with E-state index >= 15 is 0 Å². The quantitative estimate of drug-likeness (QED) is 0.346. The van der Waals surface area contributed by atoms with E-state index in [1.54, 1.807) is 43.5 Å². The third-order valence-electron chi connectivity index (χ3n) is 4.08. The van der Waals surface area contributed by atoms with E-state index in [0.717, 1.165) is 11.1 Å². The molecular formula is C22H20ClN3O3. The molecule has 0 aliphatic carbocycles. The average molecular weight is 410 g/mol. The summed E-state index contributed by atoms with van der Waals surface area (Å²) >= 11 is 5.89. The van der Waals surface area contributed by atoms with Gasteiger partial charge >= 0.3 is 0 Å². The van der Waals surface area contributed by atoms with Gasteiger partial charge in [-0.3, -0.25) is 4.79 Å². The molecule has 3 aromatic rings. The van der Waals surface area contributed by atoms with Gasteiger partial charge in [0.25, 0.3) is 5.91 Å². The predicted molar refractivity (Wildman–Crippen MR) is 115 cm³/mol. The molecule has 0 atom stereocenters. The lowest BCUT2D eigenvalue weighted by molar-refractivity contribution is 0.0956. The SMILES string of the molecule is COc1cc(/C=N/NC(=O)c2ccccc2N)ccc1OCc1ccc(Cl)cc1. The molecule has 0 aromatic heterocycles. The van der Waals surface area contributed by atoms with Crippen molar-refractivity contribution in [2.45, 2.75) is 6.61 Å². The molecule has 0 aliphatic rings. The van der Waals surface area contributed by atoms with Crippen molar-refractivity contribution in [3.63, 3.8) is 0 Å². The summed E-state index contributed by atoms with van der Waals surface area (Å²) in [6.45, 7) is 0.384. The summed E-state index contributed by atoms with van der Waals surface area (Å²) < 4.78 is 11.2. The molecule has 0 unspecified atom stereocenters. The molecule has 3 rings (SSSR count). The van der Waals surface area contributed by atoms with Gasteiger partial charge in [0.2, 0.25) is 0 Å². The first-order valence-electron chi connectivity index (χ1n) is 8.80. The van der Waals surface area contributed by atoms with Crippen molar-refractivity contribution in [3.8, 4) is 11.5 Å². The van der Waals surface area contributed by atoms with Crippen LogP contribution in [0.5, 0.6) is 11.5 Å². The molecular weight excluding hydrogens is 390 g/mol. The summed E-state index contributed by atoms with van der Waals surface area (Å²) in [6.07, 6.45) is 1.52. The lowest BCUT2D eigenvalue weighted by Crippen LogP contribution is -2.19. The normalized spacial score (nSPS) is 10.7. The smallest absolute Gasteiger partial charge is 0.273 e. The largest absolute Gasteiger partial charge is 0.493 e. The van der Waals surface area contributed by atoms with Crippen molar-refractivity contribution in [1.29, 1.82) is 0 Å². The van der Waals surface area contributed by atoms with Crippen LogP contribution in [0.4, 0.5) is 5.69 Å². The molecule has 0 fully saturated rings. The fourth-order valence-electron chi connectivity index (χ4n) is 2.55. The number of nitrogens with one attached hydrogen (secondary N) is 1. The number of halogens is 1. The van der Waals surface area contributed by atoms with Crippen LogP contribution in [0, 0.1) is 0 Å². The van der Waals surface area contributed by atoms with Crippen molar-refractivity contribution >= 4 is 29.4 Å². The minimum atomic E-state index is -0.380. The molecule has 0 aliphatic heterocycles. The zero-order chi connectivity index (χ0) is 20.6. The highest BCUT2D eigenvalue weighted by Gasteiger charge is 2.08. The van der Waals surface area contributed by atoms with Crippen LogP contribution in [0.3, 0.4) is 0 Å². The van der Waals surface area contributed by atoms with E-state index in [9.17, 15) is 4.79 Å². The number of nitrogens with two attached hydrogens (primary N) is 1. The van der Waals surface area contributed by atoms with Gasteiger partial charge in [0.1, 0.15) is 6.61 Å². The van der Waals surface area contributed by atoms with E-state index in [2.05, 4.69) is 10.5 Å². The molecule has 0 saturated heterocycles. The number of para-hydroxylation sites is 1. The molecule has 6 nitrogen and oxygen atoms in total. The van der Waals surface area contributed by atoms with Gasteiger partial charge in [-0.1, -0.05) is 35.9 Å². The second kappa shape index (κ2) is 9.61. The molecule has 0 spiro atoms. The second-order valence-electron chi connectivity index (χ2n) is 6.11. The number of anilines is 1. The molecule has 7 heteroatoms. The highest BCUT2D eigenvalue weighted by molar-refractivity contribution is 6.30. The lowest BCUT2D eigenvalue weighted by atomic mass is 10.2. The van der Waals surface area contributed by atoms with E-state index in [1.807, 2.05) is 30.3 Å². The van der Waals surface area contributed by atoms with Gasteiger partial charge in [-0.05, 0) is 53.6 Å². The zero-order valence-corrected chi connectivity index (χ0v) is 16.5.